The zero-order valence-electron chi connectivity index (χ0n) is 20.4. The molecule has 5 aliphatic rings. The largest absolute Gasteiger partial charge is 0.462 e. The quantitative estimate of drug-likeness (QED) is 0.335. The van der Waals surface area contributed by atoms with E-state index in [9.17, 15) is 19.2 Å². The Hall–Kier alpha value is -3.77. The number of anilines is 1. The van der Waals surface area contributed by atoms with Crippen LogP contribution >= 0.6 is 0 Å². The first-order valence-electron chi connectivity index (χ1n) is 12.7. The van der Waals surface area contributed by atoms with E-state index in [4.69, 9.17) is 24.2 Å². The highest BCUT2D eigenvalue weighted by Gasteiger charge is 2.54. The Morgan fingerprint density at radius 2 is 1.66 bits per heavy atom. The molecule has 0 spiro atoms. The fraction of sp³-hybridized carbons (Fsp3) is 0.500. The van der Waals surface area contributed by atoms with E-state index < -0.39 is 47.6 Å². The highest BCUT2D eigenvalue weighted by atomic mass is 16.7. The minimum Gasteiger partial charge on any atom is -0.462 e. The number of aromatic nitrogens is 2. The second kappa shape index (κ2) is 9.52. The summed E-state index contributed by atoms with van der Waals surface area (Å²) >= 11 is 0. The summed E-state index contributed by atoms with van der Waals surface area (Å²) in [5.41, 5.74) is 0.517. The first kappa shape index (κ1) is 24.6. The summed E-state index contributed by atoms with van der Waals surface area (Å²) in [4.78, 5) is 55.7. The number of esters is 3. The monoisotopic (exact) mass is 525 g/mol. The van der Waals surface area contributed by atoms with Gasteiger partial charge in [0.25, 0.3) is 0 Å². The molecule has 0 radical (unpaired) electrons. The third kappa shape index (κ3) is 4.13. The Bertz CT molecular complexity index is 1320. The summed E-state index contributed by atoms with van der Waals surface area (Å²) in [6.07, 6.45) is 2.00. The molecule has 1 aromatic heterocycles. The highest BCUT2D eigenvalue weighted by Crippen LogP contribution is 2.51. The van der Waals surface area contributed by atoms with Crippen molar-refractivity contribution in [2.45, 2.75) is 63.1 Å². The molecule has 2 aromatic rings. The second-order valence-corrected chi connectivity index (χ2v) is 10.3. The first-order chi connectivity index (χ1) is 18.4. The van der Waals surface area contributed by atoms with Gasteiger partial charge in [0, 0.05) is 6.20 Å². The van der Waals surface area contributed by atoms with Gasteiger partial charge in [-0.05, 0) is 62.6 Å². The third-order valence-electron chi connectivity index (χ3n) is 8.26. The summed E-state index contributed by atoms with van der Waals surface area (Å²) in [7, 11) is 0. The number of benzene rings is 1. The van der Waals surface area contributed by atoms with Crippen LogP contribution in [0.2, 0.25) is 0 Å². The number of rotatable bonds is 5. The van der Waals surface area contributed by atoms with Crippen molar-refractivity contribution in [3.63, 3.8) is 0 Å². The van der Waals surface area contributed by atoms with Crippen molar-refractivity contribution < 1.29 is 38.5 Å². The standard InChI is InChI=1S/C26H27N3O9/c30-22-15-3-1-2-4-16(15)23(31)38-20-19(37-22)17(36-21(20)29-12-8-18(28-34)27-25(29)33)13-35-24(32)26-9-5-14(6-10-26)7-11-26/h1-4,8,12,14,17,19-21,34H,5-7,9-11,13H2,(H,27,28,33)/t14?,17-,19-,20-,21-,26?/m1/s1. The Kier molecular flexibility index (Phi) is 6.15. The van der Waals surface area contributed by atoms with Crippen LogP contribution in [0.4, 0.5) is 5.82 Å². The molecule has 3 heterocycles. The van der Waals surface area contributed by atoms with E-state index in [0.29, 0.717) is 5.92 Å². The second-order valence-electron chi connectivity index (χ2n) is 10.3. The van der Waals surface area contributed by atoms with Gasteiger partial charge in [-0.3, -0.25) is 20.0 Å². The number of hydrogen-bond donors (Lipinski definition) is 2. The Morgan fingerprint density at radius 1 is 1.03 bits per heavy atom. The number of nitrogens with one attached hydrogen (secondary N) is 1. The molecule has 1 aromatic carbocycles. The van der Waals surface area contributed by atoms with Crippen LogP contribution < -0.4 is 11.2 Å². The minimum atomic E-state index is -1.24. The summed E-state index contributed by atoms with van der Waals surface area (Å²) in [6, 6.07) is 7.40. The van der Waals surface area contributed by atoms with Crippen molar-refractivity contribution in [3.8, 4) is 0 Å². The van der Waals surface area contributed by atoms with Crippen LogP contribution in [0.1, 0.15) is 65.5 Å². The molecule has 3 aliphatic carbocycles. The predicted molar refractivity (Wildman–Crippen MR) is 127 cm³/mol. The van der Waals surface area contributed by atoms with Gasteiger partial charge in [0.1, 0.15) is 12.7 Å². The van der Waals surface area contributed by atoms with Crippen molar-refractivity contribution in [1.82, 2.24) is 9.55 Å². The number of nitrogens with zero attached hydrogens (tertiary/aromatic N) is 2. The molecule has 12 nitrogen and oxygen atoms in total. The maximum absolute atomic E-state index is 13.2. The van der Waals surface area contributed by atoms with Crippen molar-refractivity contribution in [3.05, 3.63) is 58.1 Å². The normalized spacial score (nSPS) is 31.8. The van der Waals surface area contributed by atoms with Crippen LogP contribution in [0.15, 0.2) is 41.3 Å². The van der Waals surface area contributed by atoms with E-state index in [1.807, 2.05) is 0 Å². The molecule has 0 unspecified atom stereocenters. The van der Waals surface area contributed by atoms with Crippen LogP contribution in [0.25, 0.3) is 0 Å². The van der Waals surface area contributed by atoms with Gasteiger partial charge in [0.15, 0.2) is 24.3 Å². The van der Waals surface area contributed by atoms with Gasteiger partial charge in [-0.1, -0.05) is 12.1 Å². The fourth-order valence-electron chi connectivity index (χ4n) is 6.08. The average Bonchev–Trinajstić information content (AvgIpc) is 3.27. The van der Waals surface area contributed by atoms with E-state index in [1.165, 1.54) is 24.4 Å². The molecule has 38 heavy (non-hydrogen) atoms. The van der Waals surface area contributed by atoms with Crippen LogP contribution in [-0.2, 0) is 23.7 Å². The molecule has 2 bridgehead atoms. The average molecular weight is 526 g/mol. The number of carbonyl (C=O) groups is 3. The van der Waals surface area contributed by atoms with Gasteiger partial charge in [-0.2, -0.15) is 4.98 Å². The smallest absolute Gasteiger partial charge is 0.351 e. The Balaban J connectivity index is 1.30. The molecule has 4 fully saturated rings. The van der Waals surface area contributed by atoms with Gasteiger partial charge in [0.2, 0.25) is 0 Å². The van der Waals surface area contributed by atoms with Gasteiger partial charge in [-0.15, -0.1) is 0 Å². The molecule has 12 heteroatoms. The topological polar surface area (TPSA) is 155 Å². The van der Waals surface area contributed by atoms with Crippen LogP contribution in [0.3, 0.4) is 0 Å². The van der Waals surface area contributed by atoms with Crippen molar-refractivity contribution in [2.75, 3.05) is 12.1 Å². The van der Waals surface area contributed by atoms with Crippen LogP contribution in [0, 0.1) is 11.3 Å². The first-order valence-corrected chi connectivity index (χ1v) is 12.7. The van der Waals surface area contributed by atoms with E-state index >= 15 is 0 Å². The molecule has 3 saturated carbocycles. The van der Waals surface area contributed by atoms with Gasteiger partial charge >= 0.3 is 23.6 Å². The molecular weight excluding hydrogens is 498 g/mol. The SMILES string of the molecule is O=C1O[C@@H]2[C@H](OC(=O)c3ccccc31)[C@@H](COC(=O)C13CCC(CC1)CC3)O[C@H]2n1ccc(NO)nc1=O. The van der Waals surface area contributed by atoms with E-state index in [1.54, 1.807) is 17.6 Å². The molecule has 2 N–H and O–H groups in total. The highest BCUT2D eigenvalue weighted by molar-refractivity contribution is 6.03. The van der Waals surface area contributed by atoms with E-state index in [2.05, 4.69) is 4.98 Å². The number of hydrogen-bond acceptors (Lipinski definition) is 11. The number of carbonyl (C=O) groups excluding carboxylic acids is 3. The van der Waals surface area contributed by atoms with E-state index in [0.717, 1.165) is 43.1 Å². The summed E-state index contributed by atoms with van der Waals surface area (Å²) in [5, 5.41) is 9.08. The number of fused-ring (bicyclic) bond motifs is 5. The Labute approximate surface area is 216 Å². The maximum atomic E-state index is 13.2. The van der Waals surface area contributed by atoms with Gasteiger partial charge in [0.05, 0.1) is 16.5 Å². The lowest BCUT2D eigenvalue weighted by Gasteiger charge is -2.44. The summed E-state index contributed by atoms with van der Waals surface area (Å²) in [6.45, 7) is -0.257. The van der Waals surface area contributed by atoms with Crippen molar-refractivity contribution >= 4 is 23.7 Å². The lowest BCUT2D eigenvalue weighted by atomic mass is 9.61. The van der Waals surface area contributed by atoms with Crippen molar-refractivity contribution in [2.24, 2.45) is 11.3 Å². The van der Waals surface area contributed by atoms with E-state index in [-0.39, 0.29) is 29.5 Å². The fourth-order valence-corrected chi connectivity index (χ4v) is 6.08. The van der Waals surface area contributed by atoms with Crippen LogP contribution in [0.5, 0.6) is 0 Å². The minimum absolute atomic E-state index is 0.0156. The maximum Gasteiger partial charge on any atom is 0.351 e. The zero-order chi connectivity index (χ0) is 26.4. The number of ether oxygens (including phenoxy) is 4. The van der Waals surface area contributed by atoms with Gasteiger partial charge < -0.3 is 18.9 Å². The molecule has 0 amide bonds. The predicted octanol–water partition coefficient (Wildman–Crippen LogP) is 2.22. The zero-order valence-corrected chi connectivity index (χ0v) is 20.4. The lowest BCUT2D eigenvalue weighted by molar-refractivity contribution is -0.168. The summed E-state index contributed by atoms with van der Waals surface area (Å²) in [5.74, 6) is -1.28. The van der Waals surface area contributed by atoms with Gasteiger partial charge in [-0.25, -0.2) is 14.4 Å². The van der Waals surface area contributed by atoms with Crippen LogP contribution in [-0.4, -0.2) is 57.6 Å². The third-order valence-corrected chi connectivity index (χ3v) is 8.26. The molecule has 4 atom stereocenters. The molecule has 1 saturated heterocycles. The molecule has 200 valence electrons. The Morgan fingerprint density at radius 3 is 2.26 bits per heavy atom. The van der Waals surface area contributed by atoms with Crippen molar-refractivity contribution in [1.29, 1.82) is 0 Å². The molecule has 2 aliphatic heterocycles. The molecular formula is C26H27N3O9. The summed E-state index contributed by atoms with van der Waals surface area (Å²) < 4.78 is 24.4. The molecule has 7 rings (SSSR count). The lowest BCUT2D eigenvalue weighted by Crippen LogP contribution is -2.45.